The van der Waals surface area contributed by atoms with Gasteiger partial charge in [0, 0.05) is 73.7 Å². The van der Waals surface area contributed by atoms with Crippen molar-refractivity contribution in [3.05, 3.63) is 216 Å². The van der Waals surface area contributed by atoms with Gasteiger partial charge in [-0.2, -0.15) is 0 Å². The number of hydrogen-bond acceptors (Lipinski definition) is 12. The van der Waals surface area contributed by atoms with E-state index in [1.54, 1.807) is 24.8 Å². The Labute approximate surface area is 422 Å². The molecule has 16 heteroatoms. The minimum absolute atomic E-state index is 0.0892. The number of hydrogen-bond donors (Lipinski definition) is 4. The van der Waals surface area contributed by atoms with Crippen molar-refractivity contribution < 1.29 is 18.9 Å². The molecule has 0 amide bonds. The molecule has 4 N–H and O–H groups in total. The predicted molar refractivity (Wildman–Crippen MR) is 275 cm³/mol. The molecule has 4 aliphatic heterocycles. The molecule has 12 rings (SSSR count). The number of aromatic amines is 4. The Balaban J connectivity index is 0.000000119. The molecule has 12 atom stereocenters. The number of aromatic nitrogens is 8. The Morgan fingerprint density at radius 1 is 0.319 bits per heavy atom. The summed E-state index contributed by atoms with van der Waals surface area (Å²) < 4.78 is 24.6. The molecule has 8 aromatic rings. The Morgan fingerprint density at radius 3 is 0.681 bits per heavy atom. The molecule has 0 spiro atoms. The van der Waals surface area contributed by atoms with Gasteiger partial charge in [0.1, 0.15) is 24.4 Å². The van der Waals surface area contributed by atoms with Crippen LogP contribution in [0.15, 0.2) is 171 Å². The smallest absolute Gasteiger partial charge is 0.170 e. The minimum atomic E-state index is -0.0970. The minimum Gasteiger partial charge on any atom is -0.346 e. The molecule has 4 fully saturated rings. The third kappa shape index (κ3) is 11.1. The van der Waals surface area contributed by atoms with Crippen LogP contribution in [0, 0.1) is 0 Å². The van der Waals surface area contributed by atoms with Gasteiger partial charge in [0.25, 0.3) is 0 Å². The summed E-state index contributed by atoms with van der Waals surface area (Å²) in [4.78, 5) is 38.5. The fraction of sp³-hybridized carbons (Fsp3) is 0.357. The largest absolute Gasteiger partial charge is 0.346 e. The normalized spacial score (nSPS) is 28.7. The van der Waals surface area contributed by atoms with Crippen LogP contribution < -0.4 is 0 Å². The van der Waals surface area contributed by atoms with Crippen molar-refractivity contribution >= 4 is 0 Å². The highest BCUT2D eigenvalue weighted by Gasteiger charge is 2.43. The molecule has 0 unspecified atom stereocenters. The van der Waals surface area contributed by atoms with Crippen molar-refractivity contribution in [2.45, 2.75) is 101 Å². The maximum absolute atomic E-state index is 6.15. The fourth-order valence-corrected chi connectivity index (χ4v) is 9.78. The van der Waals surface area contributed by atoms with Gasteiger partial charge in [-0.05, 0) is 78.1 Å². The van der Waals surface area contributed by atoms with Gasteiger partial charge in [-0.3, -0.25) is 19.6 Å². The molecule has 0 saturated carbocycles. The van der Waals surface area contributed by atoms with Crippen molar-refractivity contribution in [1.29, 1.82) is 0 Å². The lowest BCUT2D eigenvalue weighted by Gasteiger charge is -2.19. The molecule has 0 radical (unpaired) electrons. The zero-order valence-corrected chi connectivity index (χ0v) is 42.3. The van der Waals surface area contributed by atoms with Gasteiger partial charge in [0.15, 0.2) is 48.2 Å². The number of rotatable bonds is 8. The van der Waals surface area contributed by atoms with E-state index >= 15 is 0 Å². The zero-order valence-electron chi connectivity index (χ0n) is 42.3. The second-order valence-corrected chi connectivity index (χ2v) is 18.8. The first kappa shape index (κ1) is 50.3. The zero-order chi connectivity index (χ0) is 50.1. The molecule has 0 bridgehead atoms. The summed E-state index contributed by atoms with van der Waals surface area (Å²) in [5.74, 6) is 3.45. The highest BCUT2D eigenvalue weighted by atomic mass is 16.5. The van der Waals surface area contributed by atoms with Crippen LogP contribution in [0.4, 0.5) is 0 Å². The highest BCUT2D eigenvalue weighted by Crippen LogP contribution is 2.43. The van der Waals surface area contributed by atoms with Crippen molar-refractivity contribution in [1.82, 2.24) is 59.5 Å². The molecular formula is C56H68N12O4. The van der Waals surface area contributed by atoms with Crippen LogP contribution >= 0.6 is 0 Å². The second-order valence-electron chi connectivity index (χ2n) is 18.8. The van der Waals surface area contributed by atoms with Crippen LogP contribution in [-0.4, -0.2) is 112 Å². The number of likely N-dealkylation sites (N-methyl/N-ethyl adjacent to an activating group) is 4. The van der Waals surface area contributed by atoms with E-state index in [0.717, 1.165) is 23.3 Å². The van der Waals surface area contributed by atoms with Crippen molar-refractivity contribution in [2.24, 2.45) is 0 Å². The summed E-state index contributed by atoms with van der Waals surface area (Å²) in [7, 11) is 8.28. The van der Waals surface area contributed by atoms with Crippen LogP contribution in [-0.2, 0) is 18.9 Å². The summed E-state index contributed by atoms with van der Waals surface area (Å²) in [6.07, 6.45) is 14.3. The summed E-state index contributed by atoms with van der Waals surface area (Å²) in [6, 6.07) is 42.6. The first-order valence-corrected chi connectivity index (χ1v) is 24.8. The highest BCUT2D eigenvalue weighted by molar-refractivity contribution is 5.24. The summed E-state index contributed by atoms with van der Waals surface area (Å²) in [5.41, 5.74) is 4.86. The molecular weight excluding hydrogens is 905 g/mol. The van der Waals surface area contributed by atoms with Crippen LogP contribution in [0.1, 0.15) is 123 Å². The van der Waals surface area contributed by atoms with E-state index in [1.807, 2.05) is 97.6 Å². The second kappa shape index (κ2) is 23.3. The Hall–Kier alpha value is -6.60. The average molecular weight is 973 g/mol. The number of nitrogens with zero attached hydrogens (tertiary/aromatic N) is 8. The predicted octanol–water partition coefficient (Wildman–Crippen LogP) is 10.0. The lowest BCUT2D eigenvalue weighted by molar-refractivity contribution is 0.0000331. The van der Waals surface area contributed by atoms with Gasteiger partial charge in [-0.1, -0.05) is 121 Å². The Bertz CT molecular complexity index is 2370. The maximum Gasteiger partial charge on any atom is 0.170 e. The third-order valence-electron chi connectivity index (χ3n) is 14.4. The Kier molecular flexibility index (Phi) is 16.3. The van der Waals surface area contributed by atoms with E-state index in [4.69, 9.17) is 18.9 Å². The molecule has 376 valence electrons. The molecule has 4 aromatic carbocycles. The molecule has 4 aromatic heterocycles. The van der Waals surface area contributed by atoms with E-state index in [9.17, 15) is 0 Å². The monoisotopic (exact) mass is 973 g/mol. The standard InChI is InChI=1S/4C14H17N3O/c4*1-10-12(11-6-4-3-5-7-11)18-14(17(10)2)13-15-8-9-16-13/h4*3-10,12,14H,1-2H3,(H,15,16)/t4*10-,12-,14-/m0000/s1. The van der Waals surface area contributed by atoms with Crippen molar-refractivity contribution in [2.75, 3.05) is 28.2 Å². The fourth-order valence-electron chi connectivity index (χ4n) is 9.78. The molecule has 0 aliphatic carbocycles. The molecule has 16 nitrogen and oxygen atoms in total. The number of H-pyrrole nitrogens is 4. The first-order valence-electron chi connectivity index (χ1n) is 24.8. The molecule has 72 heavy (non-hydrogen) atoms. The van der Waals surface area contributed by atoms with Gasteiger partial charge in [-0.15, -0.1) is 0 Å². The van der Waals surface area contributed by atoms with E-state index in [2.05, 4.69) is 164 Å². The van der Waals surface area contributed by atoms with E-state index in [1.165, 1.54) is 22.3 Å². The summed E-state index contributed by atoms with van der Waals surface area (Å²) in [5, 5.41) is 0. The van der Waals surface area contributed by atoms with Gasteiger partial charge >= 0.3 is 0 Å². The maximum atomic E-state index is 6.15. The van der Waals surface area contributed by atoms with Crippen LogP contribution in [0.3, 0.4) is 0 Å². The van der Waals surface area contributed by atoms with Gasteiger partial charge < -0.3 is 38.9 Å². The van der Waals surface area contributed by atoms with E-state index in [0.29, 0.717) is 24.2 Å². The Morgan fingerprint density at radius 2 is 0.514 bits per heavy atom. The van der Waals surface area contributed by atoms with Crippen LogP contribution in [0.2, 0.25) is 0 Å². The summed E-state index contributed by atoms with van der Waals surface area (Å²) in [6.45, 7) is 8.72. The molecule has 4 saturated heterocycles. The van der Waals surface area contributed by atoms with Crippen LogP contribution in [0.5, 0.6) is 0 Å². The first-order chi connectivity index (χ1) is 35.1. The molecule has 8 heterocycles. The molecule has 4 aliphatic rings. The van der Waals surface area contributed by atoms with E-state index in [-0.39, 0.29) is 49.3 Å². The number of imidazole rings is 4. The van der Waals surface area contributed by atoms with Crippen molar-refractivity contribution in [3.63, 3.8) is 0 Å². The number of ether oxygens (including phenoxy) is 4. The van der Waals surface area contributed by atoms with Crippen molar-refractivity contribution in [3.8, 4) is 0 Å². The SMILES string of the molecule is C[C@H]1[C@@H](c2ccccc2)O[C@@H](c2ncc[nH]2)N1C.C[C@H]1[C@@H](c2ccccc2)O[C@@H](c2ncc[nH]2)N1C.C[C@H]1[C@@H](c2ccccc2)O[C@@H](c2ncc[nH]2)N1C.C[C@H]1[C@@H](c2ccccc2)O[C@@H](c2ncc[nH]2)N1C. The number of nitrogens with one attached hydrogen (secondary N) is 4. The lowest BCUT2D eigenvalue weighted by atomic mass is 10.0. The average Bonchev–Trinajstić information content (AvgIpc) is 4.30. The topological polar surface area (TPSA) is 165 Å². The van der Waals surface area contributed by atoms with Gasteiger partial charge in [0.2, 0.25) is 0 Å². The van der Waals surface area contributed by atoms with Gasteiger partial charge in [-0.25, -0.2) is 19.9 Å². The third-order valence-corrected chi connectivity index (χ3v) is 14.4. The van der Waals surface area contributed by atoms with Crippen LogP contribution in [0.25, 0.3) is 0 Å². The summed E-state index contributed by atoms with van der Waals surface area (Å²) >= 11 is 0. The van der Waals surface area contributed by atoms with Gasteiger partial charge in [0.05, 0.1) is 0 Å². The number of benzene rings is 4. The van der Waals surface area contributed by atoms with E-state index < -0.39 is 0 Å². The quantitative estimate of drug-likeness (QED) is 0.114. The lowest BCUT2D eigenvalue weighted by Crippen LogP contribution is -2.27.